The minimum atomic E-state index is -3.52. The van der Waals surface area contributed by atoms with Gasteiger partial charge >= 0.3 is 0 Å². The Morgan fingerprint density at radius 1 is 1.00 bits per heavy atom. The zero-order valence-electron chi connectivity index (χ0n) is 16.6. The standard InChI is InChI=1S/C19H24N6O3S/c1-19(2,3)29(27,28)22-16-11-7-14(8-12-16)18(26)20-15-9-5-13(6-10-15)17-21-23-24-25(17)4/h5-12,22-24H,1-4H3,(H,20,26). The van der Waals surface area contributed by atoms with Crippen LogP contribution in [0.2, 0.25) is 0 Å². The first-order valence-electron chi connectivity index (χ1n) is 8.93. The summed E-state index contributed by atoms with van der Waals surface area (Å²) in [5, 5.41) is 8.68. The van der Waals surface area contributed by atoms with Gasteiger partial charge in [-0.15, -0.1) is 10.6 Å². The second-order valence-electron chi connectivity index (χ2n) is 7.54. The molecule has 1 heterocycles. The number of benzene rings is 2. The van der Waals surface area contributed by atoms with E-state index in [1.165, 1.54) is 0 Å². The molecular formula is C19H24N6O3S. The number of hydrogen-bond acceptors (Lipinski definition) is 7. The van der Waals surface area contributed by atoms with Crippen LogP contribution in [0.25, 0.3) is 0 Å². The maximum Gasteiger partial charge on any atom is 0.255 e. The minimum Gasteiger partial charge on any atom is -0.322 e. The van der Waals surface area contributed by atoms with E-state index in [1.54, 1.807) is 62.2 Å². The maximum atomic E-state index is 12.5. The van der Waals surface area contributed by atoms with Gasteiger partial charge in [-0.3, -0.25) is 14.5 Å². The Morgan fingerprint density at radius 3 is 2.10 bits per heavy atom. The van der Waals surface area contributed by atoms with Crippen molar-refractivity contribution >= 4 is 33.1 Å². The predicted octanol–water partition coefficient (Wildman–Crippen LogP) is 2.10. The van der Waals surface area contributed by atoms with Crippen LogP contribution in [-0.2, 0) is 10.0 Å². The highest BCUT2D eigenvalue weighted by Gasteiger charge is 2.28. The second-order valence-corrected chi connectivity index (χ2v) is 9.98. The van der Waals surface area contributed by atoms with E-state index in [0.29, 0.717) is 16.9 Å². The molecule has 2 aromatic rings. The fourth-order valence-electron chi connectivity index (χ4n) is 2.44. The van der Waals surface area contributed by atoms with Gasteiger partial charge in [-0.2, -0.15) is 0 Å². The summed E-state index contributed by atoms with van der Waals surface area (Å²) in [5.74, 6) is 0.442. The molecule has 29 heavy (non-hydrogen) atoms. The van der Waals surface area contributed by atoms with E-state index in [4.69, 9.17) is 0 Å². The fourth-order valence-corrected chi connectivity index (χ4v) is 3.20. The van der Waals surface area contributed by atoms with Crippen LogP contribution < -0.4 is 21.1 Å². The number of rotatable bonds is 5. The molecule has 1 amide bonds. The van der Waals surface area contributed by atoms with Gasteiger partial charge in [0.1, 0.15) is 0 Å². The molecule has 0 atom stereocenters. The molecule has 2 aromatic carbocycles. The lowest BCUT2D eigenvalue weighted by Crippen LogP contribution is -2.37. The van der Waals surface area contributed by atoms with Crippen LogP contribution >= 0.6 is 0 Å². The van der Waals surface area contributed by atoms with E-state index in [-0.39, 0.29) is 5.91 Å². The zero-order valence-corrected chi connectivity index (χ0v) is 17.5. The number of hydrazine groups is 2. The molecule has 0 aliphatic carbocycles. The summed E-state index contributed by atoms with van der Waals surface area (Å²) in [6.45, 7) is 4.85. The summed E-state index contributed by atoms with van der Waals surface area (Å²) < 4.78 is 26.0. The maximum absolute atomic E-state index is 12.5. The van der Waals surface area contributed by atoms with Crippen LogP contribution in [0.3, 0.4) is 0 Å². The lowest BCUT2D eigenvalue weighted by Gasteiger charge is -2.20. The van der Waals surface area contributed by atoms with Crippen LogP contribution in [0.15, 0.2) is 53.6 Å². The highest BCUT2D eigenvalue weighted by atomic mass is 32.2. The first-order valence-corrected chi connectivity index (χ1v) is 10.4. The quantitative estimate of drug-likeness (QED) is 0.593. The van der Waals surface area contributed by atoms with Crippen molar-refractivity contribution in [2.45, 2.75) is 25.5 Å². The topological polar surface area (TPSA) is 115 Å². The summed E-state index contributed by atoms with van der Waals surface area (Å²) in [6.07, 6.45) is 0. The number of amidine groups is 1. The summed E-state index contributed by atoms with van der Waals surface area (Å²) in [6, 6.07) is 13.5. The average molecular weight is 417 g/mol. The molecule has 0 saturated carbocycles. The van der Waals surface area contributed by atoms with Crippen molar-refractivity contribution in [3.8, 4) is 0 Å². The third-order valence-corrected chi connectivity index (χ3v) is 6.42. The van der Waals surface area contributed by atoms with E-state index in [0.717, 1.165) is 11.4 Å². The molecule has 0 radical (unpaired) electrons. The molecule has 1 aliphatic rings. The van der Waals surface area contributed by atoms with Gasteiger partial charge in [-0.05, 0) is 69.3 Å². The SMILES string of the molecule is CN1NNN=C1c1ccc(NC(=O)c2ccc(NS(=O)(=O)C(C)(C)C)cc2)cc1. The van der Waals surface area contributed by atoms with Gasteiger partial charge in [0.2, 0.25) is 10.0 Å². The zero-order chi connectivity index (χ0) is 21.2. The first-order chi connectivity index (χ1) is 13.6. The van der Waals surface area contributed by atoms with E-state index in [9.17, 15) is 13.2 Å². The number of nitrogens with one attached hydrogen (secondary N) is 4. The van der Waals surface area contributed by atoms with Crippen molar-refractivity contribution in [2.24, 2.45) is 5.10 Å². The molecule has 0 fully saturated rings. The van der Waals surface area contributed by atoms with E-state index < -0.39 is 14.8 Å². The van der Waals surface area contributed by atoms with E-state index >= 15 is 0 Å². The molecular weight excluding hydrogens is 392 g/mol. The summed E-state index contributed by atoms with van der Waals surface area (Å²) >= 11 is 0. The average Bonchev–Trinajstić information content (AvgIpc) is 3.07. The van der Waals surface area contributed by atoms with Gasteiger partial charge in [0, 0.05) is 29.5 Å². The molecule has 0 saturated heterocycles. The Hall–Kier alpha value is -3.11. The molecule has 0 bridgehead atoms. The number of amides is 1. The number of nitrogens with zero attached hydrogens (tertiary/aromatic N) is 2. The summed E-state index contributed by atoms with van der Waals surface area (Å²) in [4.78, 5) is 12.5. The van der Waals surface area contributed by atoms with Gasteiger partial charge in [0.05, 0.1) is 4.75 Å². The molecule has 4 N–H and O–H groups in total. The first kappa shape index (κ1) is 20.6. The fraction of sp³-hybridized carbons (Fsp3) is 0.263. The molecule has 3 rings (SSSR count). The van der Waals surface area contributed by atoms with Gasteiger partial charge in [0.15, 0.2) is 5.84 Å². The van der Waals surface area contributed by atoms with Crippen molar-refractivity contribution < 1.29 is 13.2 Å². The van der Waals surface area contributed by atoms with Gasteiger partial charge < -0.3 is 5.32 Å². The second kappa shape index (κ2) is 7.72. The Bertz CT molecular complexity index is 1030. The number of sulfonamides is 1. The Kier molecular flexibility index (Phi) is 5.49. The molecule has 0 unspecified atom stereocenters. The van der Waals surface area contributed by atoms with Crippen molar-refractivity contribution in [3.63, 3.8) is 0 Å². The molecule has 1 aliphatic heterocycles. The summed E-state index contributed by atoms with van der Waals surface area (Å²) in [5.41, 5.74) is 7.85. The van der Waals surface area contributed by atoms with E-state index in [1.807, 2.05) is 19.2 Å². The Labute approximate surface area is 170 Å². The van der Waals surface area contributed by atoms with Crippen molar-refractivity contribution in [3.05, 3.63) is 59.7 Å². The number of carbonyl (C=O) groups is 1. The van der Waals surface area contributed by atoms with Crippen molar-refractivity contribution in [1.29, 1.82) is 0 Å². The number of hydrazone groups is 1. The highest BCUT2D eigenvalue weighted by Crippen LogP contribution is 2.20. The van der Waals surface area contributed by atoms with Gasteiger partial charge in [0.25, 0.3) is 5.91 Å². The predicted molar refractivity (Wildman–Crippen MR) is 114 cm³/mol. The monoisotopic (exact) mass is 416 g/mol. The third kappa shape index (κ3) is 4.66. The molecule has 154 valence electrons. The molecule has 0 spiro atoms. The van der Waals surface area contributed by atoms with Gasteiger partial charge in [-0.1, -0.05) is 0 Å². The Morgan fingerprint density at radius 2 is 1.59 bits per heavy atom. The van der Waals surface area contributed by atoms with Crippen LogP contribution in [0.5, 0.6) is 0 Å². The normalized spacial score (nSPS) is 14.2. The van der Waals surface area contributed by atoms with Crippen molar-refractivity contribution in [2.75, 3.05) is 17.1 Å². The lowest BCUT2D eigenvalue weighted by molar-refractivity contribution is 0.102. The van der Waals surface area contributed by atoms with Crippen LogP contribution in [0.1, 0.15) is 36.7 Å². The van der Waals surface area contributed by atoms with E-state index in [2.05, 4.69) is 26.2 Å². The largest absolute Gasteiger partial charge is 0.322 e. The Balaban J connectivity index is 1.65. The number of hydrogen-bond donors (Lipinski definition) is 4. The number of anilines is 2. The van der Waals surface area contributed by atoms with Gasteiger partial charge in [-0.25, -0.2) is 14.0 Å². The van der Waals surface area contributed by atoms with Crippen LogP contribution in [0.4, 0.5) is 11.4 Å². The summed E-state index contributed by atoms with van der Waals surface area (Å²) in [7, 11) is -1.69. The lowest BCUT2D eigenvalue weighted by atomic mass is 10.1. The minimum absolute atomic E-state index is 0.290. The molecule has 9 nitrogen and oxygen atoms in total. The third-order valence-electron chi connectivity index (χ3n) is 4.30. The van der Waals surface area contributed by atoms with Crippen LogP contribution in [0, 0.1) is 0 Å². The number of carbonyl (C=O) groups excluding carboxylic acids is 1. The van der Waals surface area contributed by atoms with Crippen molar-refractivity contribution in [1.82, 2.24) is 16.1 Å². The van der Waals surface area contributed by atoms with Crippen LogP contribution in [-0.4, -0.2) is 37.0 Å². The molecule has 0 aromatic heterocycles. The smallest absolute Gasteiger partial charge is 0.255 e. The highest BCUT2D eigenvalue weighted by molar-refractivity contribution is 7.94. The molecule has 10 heteroatoms.